The standard InChI is InChI=1S/C24H28N2O3/c1-3-14-4-5-17-18(10-14)26-21(28)12-19-22-16-11-20(27)24(17,23(22)26)7-8-25(2)13-15(16)6-9-29-19/h4-6,10,16,19,22-23H,3,7-9,11-13H2,1-2H3. The quantitative estimate of drug-likeness (QED) is 0.689. The van der Waals surface area contributed by atoms with E-state index in [1.165, 1.54) is 11.1 Å². The molecule has 6 aliphatic rings. The summed E-state index contributed by atoms with van der Waals surface area (Å²) in [4.78, 5) is 31.7. The molecule has 4 fully saturated rings. The van der Waals surface area contributed by atoms with Gasteiger partial charge in [-0.15, -0.1) is 0 Å². The van der Waals surface area contributed by atoms with Gasteiger partial charge in [0.05, 0.1) is 30.6 Å². The third-order valence-corrected chi connectivity index (χ3v) is 8.27. The van der Waals surface area contributed by atoms with E-state index in [9.17, 15) is 9.59 Å². The molecule has 1 amide bonds. The molecular weight excluding hydrogens is 364 g/mol. The highest BCUT2D eigenvalue weighted by Crippen LogP contribution is 2.60. The Kier molecular flexibility index (Phi) is 3.70. The fourth-order valence-electron chi connectivity index (χ4n) is 6.96. The topological polar surface area (TPSA) is 49.9 Å². The first-order valence-corrected chi connectivity index (χ1v) is 11.0. The molecule has 7 rings (SSSR count). The van der Waals surface area contributed by atoms with Gasteiger partial charge in [-0.2, -0.15) is 0 Å². The lowest BCUT2D eigenvalue weighted by molar-refractivity contribution is -0.140. The minimum Gasteiger partial charge on any atom is -0.373 e. The number of piperidine rings is 1. The number of nitrogens with zero attached hydrogens (tertiary/aromatic N) is 2. The summed E-state index contributed by atoms with van der Waals surface area (Å²) in [5.74, 6) is 0.831. The Morgan fingerprint density at radius 2 is 2.10 bits per heavy atom. The average Bonchev–Trinajstić information content (AvgIpc) is 2.95. The zero-order valence-electron chi connectivity index (χ0n) is 17.2. The van der Waals surface area contributed by atoms with Crippen molar-refractivity contribution < 1.29 is 14.3 Å². The second-order valence-electron chi connectivity index (χ2n) is 9.54. The first kappa shape index (κ1) is 17.8. The minimum absolute atomic E-state index is 0.0849. The predicted octanol–water partition coefficient (Wildman–Crippen LogP) is 2.47. The van der Waals surface area contributed by atoms with Crippen LogP contribution in [0, 0.1) is 11.8 Å². The van der Waals surface area contributed by atoms with Gasteiger partial charge in [0.25, 0.3) is 0 Å². The summed E-state index contributed by atoms with van der Waals surface area (Å²) in [6.07, 6.45) is 4.81. The van der Waals surface area contributed by atoms with Gasteiger partial charge >= 0.3 is 0 Å². The van der Waals surface area contributed by atoms with Crippen LogP contribution in [-0.4, -0.2) is 55.5 Å². The largest absolute Gasteiger partial charge is 0.373 e. The highest BCUT2D eigenvalue weighted by atomic mass is 16.5. The molecule has 5 heterocycles. The van der Waals surface area contributed by atoms with Gasteiger partial charge in [0.15, 0.2) is 0 Å². The molecule has 5 aliphatic heterocycles. The van der Waals surface area contributed by atoms with Crippen LogP contribution < -0.4 is 4.90 Å². The van der Waals surface area contributed by atoms with Gasteiger partial charge in [0, 0.05) is 24.6 Å². The number of rotatable bonds is 1. The number of aryl methyl sites for hydroxylation is 1. The number of ketones is 1. The molecule has 1 saturated carbocycles. The van der Waals surface area contributed by atoms with E-state index in [2.05, 4.69) is 43.1 Å². The number of benzene rings is 1. The Labute approximate surface area is 171 Å². The van der Waals surface area contributed by atoms with Crippen LogP contribution in [0.25, 0.3) is 0 Å². The highest BCUT2D eigenvalue weighted by Gasteiger charge is 2.67. The van der Waals surface area contributed by atoms with Crippen molar-refractivity contribution in [2.24, 2.45) is 11.8 Å². The summed E-state index contributed by atoms with van der Waals surface area (Å²) in [5, 5.41) is 0. The molecule has 0 aromatic heterocycles. The molecule has 4 bridgehead atoms. The predicted molar refractivity (Wildman–Crippen MR) is 110 cm³/mol. The number of ether oxygens (including phenoxy) is 1. The number of likely N-dealkylation sites (N-methyl/N-ethyl adjacent to an activating group) is 1. The Bertz CT molecular complexity index is 953. The maximum atomic E-state index is 13.9. The molecule has 1 aromatic carbocycles. The normalized spacial score (nSPS) is 38.1. The van der Waals surface area contributed by atoms with Crippen LogP contribution in [0.2, 0.25) is 0 Å². The van der Waals surface area contributed by atoms with Crippen molar-refractivity contribution in [3.63, 3.8) is 0 Å². The van der Waals surface area contributed by atoms with E-state index >= 15 is 0 Å². The van der Waals surface area contributed by atoms with Crippen molar-refractivity contribution in [3.05, 3.63) is 41.0 Å². The van der Waals surface area contributed by atoms with Gasteiger partial charge in [-0.1, -0.05) is 30.7 Å². The highest BCUT2D eigenvalue weighted by molar-refractivity contribution is 6.06. The van der Waals surface area contributed by atoms with Gasteiger partial charge < -0.3 is 14.5 Å². The maximum Gasteiger partial charge on any atom is 0.229 e. The number of fused-ring (bicyclic) bond motifs is 6. The smallest absolute Gasteiger partial charge is 0.229 e. The van der Waals surface area contributed by atoms with E-state index in [-0.39, 0.29) is 29.9 Å². The van der Waals surface area contributed by atoms with Gasteiger partial charge in [-0.3, -0.25) is 9.59 Å². The van der Waals surface area contributed by atoms with Gasteiger partial charge in [-0.05, 0) is 49.5 Å². The monoisotopic (exact) mass is 392 g/mol. The average molecular weight is 392 g/mol. The zero-order valence-corrected chi connectivity index (χ0v) is 17.2. The van der Waals surface area contributed by atoms with Crippen LogP contribution in [0.15, 0.2) is 29.8 Å². The van der Waals surface area contributed by atoms with Crippen molar-refractivity contribution in [3.8, 4) is 0 Å². The number of Topliss-reactive ketones (excluding diaryl/α,β-unsaturated/α-hetero) is 1. The van der Waals surface area contributed by atoms with E-state index < -0.39 is 5.41 Å². The molecule has 0 N–H and O–H groups in total. The van der Waals surface area contributed by atoms with Crippen LogP contribution in [0.5, 0.6) is 0 Å². The van der Waals surface area contributed by atoms with Crippen molar-refractivity contribution >= 4 is 17.4 Å². The molecule has 0 radical (unpaired) electrons. The Balaban J connectivity index is 1.64. The maximum absolute atomic E-state index is 13.9. The van der Waals surface area contributed by atoms with Gasteiger partial charge in [0.1, 0.15) is 5.78 Å². The first-order valence-electron chi connectivity index (χ1n) is 11.0. The molecule has 1 aliphatic carbocycles. The number of hydrogen-bond acceptors (Lipinski definition) is 4. The fraction of sp³-hybridized carbons (Fsp3) is 0.583. The van der Waals surface area contributed by atoms with E-state index in [0.29, 0.717) is 25.2 Å². The number of carbonyl (C=O) groups is 2. The van der Waals surface area contributed by atoms with Crippen molar-refractivity contribution in [1.29, 1.82) is 0 Å². The number of anilines is 1. The second-order valence-corrected chi connectivity index (χ2v) is 9.54. The molecule has 3 saturated heterocycles. The third-order valence-electron chi connectivity index (χ3n) is 8.27. The van der Waals surface area contributed by atoms with E-state index in [0.717, 1.165) is 37.2 Å². The summed E-state index contributed by atoms with van der Waals surface area (Å²) in [5.41, 5.74) is 4.04. The molecule has 5 heteroatoms. The lowest BCUT2D eigenvalue weighted by atomic mass is 9.55. The molecular formula is C24H28N2O3. The molecule has 1 spiro atoms. The lowest BCUT2D eigenvalue weighted by Gasteiger charge is -2.53. The summed E-state index contributed by atoms with van der Waals surface area (Å²) in [6, 6.07) is 6.37. The van der Waals surface area contributed by atoms with Crippen molar-refractivity contribution in [1.82, 2.24) is 4.90 Å². The van der Waals surface area contributed by atoms with E-state index in [4.69, 9.17) is 4.74 Å². The molecule has 5 nitrogen and oxygen atoms in total. The number of carbonyl (C=O) groups excluding carboxylic acids is 2. The summed E-state index contributed by atoms with van der Waals surface area (Å²) in [6.45, 7) is 4.44. The minimum atomic E-state index is -0.589. The van der Waals surface area contributed by atoms with Crippen LogP contribution in [-0.2, 0) is 26.2 Å². The molecule has 5 atom stereocenters. The van der Waals surface area contributed by atoms with Crippen LogP contribution in [0.4, 0.5) is 5.69 Å². The summed E-state index contributed by atoms with van der Waals surface area (Å²) < 4.78 is 6.24. The fourth-order valence-corrected chi connectivity index (χ4v) is 6.96. The van der Waals surface area contributed by atoms with Crippen LogP contribution >= 0.6 is 0 Å². The van der Waals surface area contributed by atoms with Crippen LogP contribution in [0.1, 0.15) is 37.3 Å². The van der Waals surface area contributed by atoms with Crippen molar-refractivity contribution in [2.45, 2.75) is 50.2 Å². The Hall–Kier alpha value is -1.98. The Morgan fingerprint density at radius 3 is 2.93 bits per heavy atom. The summed E-state index contributed by atoms with van der Waals surface area (Å²) >= 11 is 0. The van der Waals surface area contributed by atoms with E-state index in [1.807, 2.05) is 4.90 Å². The molecule has 152 valence electrons. The molecule has 1 aromatic rings. The summed E-state index contributed by atoms with van der Waals surface area (Å²) in [7, 11) is 2.15. The Morgan fingerprint density at radius 1 is 1.24 bits per heavy atom. The molecule has 5 unspecified atom stereocenters. The number of hydrogen-bond donors (Lipinski definition) is 0. The third kappa shape index (κ3) is 2.18. The first-order chi connectivity index (χ1) is 14.0. The lowest BCUT2D eigenvalue weighted by Crippen LogP contribution is -2.66. The molecule has 29 heavy (non-hydrogen) atoms. The van der Waals surface area contributed by atoms with Crippen LogP contribution in [0.3, 0.4) is 0 Å². The number of amides is 1. The van der Waals surface area contributed by atoms with Gasteiger partial charge in [0.2, 0.25) is 5.91 Å². The SMILES string of the molecule is CCc1ccc2c(c1)N1C(=O)CC3OCC=C4CN(C)CCC25C(=O)CC4C3C15. The van der Waals surface area contributed by atoms with Gasteiger partial charge in [-0.25, -0.2) is 0 Å². The van der Waals surface area contributed by atoms with E-state index in [1.54, 1.807) is 0 Å². The van der Waals surface area contributed by atoms with Crippen molar-refractivity contribution in [2.75, 3.05) is 31.6 Å². The zero-order chi connectivity index (χ0) is 19.9. The second kappa shape index (κ2) is 6.02.